The number of benzene rings is 1. The van der Waals surface area contributed by atoms with E-state index in [-0.39, 0.29) is 5.41 Å². The molecule has 5 fully saturated rings. The lowest BCUT2D eigenvalue weighted by Crippen LogP contribution is -2.61. The molecule has 2 heteroatoms. The van der Waals surface area contributed by atoms with Crippen LogP contribution in [0.1, 0.15) is 71.3 Å². The summed E-state index contributed by atoms with van der Waals surface area (Å²) in [5.74, 6) is 0.979. The molecule has 1 saturated heterocycles. The van der Waals surface area contributed by atoms with Crippen molar-refractivity contribution < 1.29 is 0 Å². The number of nitrogens with two attached hydrogens (primary N) is 1. The lowest BCUT2D eigenvalue weighted by molar-refractivity contribution is -0.115. The van der Waals surface area contributed by atoms with Crippen molar-refractivity contribution in [1.29, 1.82) is 0 Å². The molecule has 0 radical (unpaired) electrons. The number of hydrogen-bond donors (Lipinski definition) is 1. The van der Waals surface area contributed by atoms with Crippen molar-refractivity contribution >= 4 is 0 Å². The highest BCUT2D eigenvalue weighted by atomic mass is 15.2. The van der Waals surface area contributed by atoms with Crippen LogP contribution in [0.4, 0.5) is 0 Å². The molecular formula is C26H38N2. The molecule has 6 unspecified atom stereocenters. The minimum Gasteiger partial charge on any atom is -0.327 e. The van der Waals surface area contributed by atoms with Crippen LogP contribution in [0.15, 0.2) is 30.3 Å². The maximum Gasteiger partial charge on any atom is 0.0115 e. The quantitative estimate of drug-likeness (QED) is 0.804. The second-order valence-corrected chi connectivity index (χ2v) is 12.7. The van der Waals surface area contributed by atoms with Gasteiger partial charge in [-0.1, -0.05) is 51.1 Å². The van der Waals surface area contributed by atoms with Crippen molar-refractivity contribution in [2.45, 2.75) is 77.2 Å². The Bertz CT molecular complexity index is 802. The third-order valence-electron chi connectivity index (χ3n) is 10.5. The lowest BCUT2D eigenvalue weighted by atomic mass is 9.38. The van der Waals surface area contributed by atoms with Gasteiger partial charge < -0.3 is 10.6 Å². The first-order valence-corrected chi connectivity index (χ1v) is 11.8. The Morgan fingerprint density at radius 3 is 2.54 bits per heavy atom. The van der Waals surface area contributed by atoms with Crippen LogP contribution in [0.25, 0.3) is 0 Å². The van der Waals surface area contributed by atoms with Gasteiger partial charge in [0.2, 0.25) is 0 Å². The highest BCUT2D eigenvalue weighted by Crippen LogP contribution is 2.88. The Morgan fingerprint density at radius 2 is 1.79 bits per heavy atom. The standard InChI is InChI=1S/C26H38N2/c1-22(2)17-28(10-9-21(22)27)18-24-12-19-11-23(3)14-25(15-24,26(23,13-19)16-24)20-7-5-4-6-8-20/h4-8,19,21H,9-18,27H2,1-3H3. The van der Waals surface area contributed by atoms with Crippen LogP contribution in [-0.4, -0.2) is 30.6 Å². The molecule has 1 aromatic carbocycles. The molecule has 4 aliphatic carbocycles. The van der Waals surface area contributed by atoms with Gasteiger partial charge in [-0.2, -0.15) is 0 Å². The number of rotatable bonds is 3. The van der Waals surface area contributed by atoms with E-state index in [2.05, 4.69) is 56.0 Å². The van der Waals surface area contributed by atoms with E-state index in [9.17, 15) is 0 Å². The topological polar surface area (TPSA) is 29.3 Å². The van der Waals surface area contributed by atoms with Crippen molar-refractivity contribution in [2.75, 3.05) is 19.6 Å². The van der Waals surface area contributed by atoms with Crippen LogP contribution in [0.5, 0.6) is 0 Å². The molecule has 3 bridgehead atoms. The summed E-state index contributed by atoms with van der Waals surface area (Å²) >= 11 is 0. The molecule has 6 atom stereocenters. The van der Waals surface area contributed by atoms with E-state index in [4.69, 9.17) is 5.73 Å². The highest BCUT2D eigenvalue weighted by molar-refractivity contribution is 5.44. The number of piperidine rings is 1. The summed E-state index contributed by atoms with van der Waals surface area (Å²) in [7, 11) is 0. The van der Waals surface area contributed by atoms with Crippen LogP contribution < -0.4 is 5.73 Å². The van der Waals surface area contributed by atoms with Gasteiger partial charge in [-0.3, -0.25) is 0 Å². The molecule has 1 heterocycles. The van der Waals surface area contributed by atoms with Gasteiger partial charge >= 0.3 is 0 Å². The van der Waals surface area contributed by atoms with Crippen LogP contribution in [0, 0.1) is 27.6 Å². The van der Waals surface area contributed by atoms with E-state index >= 15 is 0 Å². The number of nitrogens with zero attached hydrogens (tertiary/aromatic N) is 1. The molecule has 1 spiro atoms. The minimum atomic E-state index is 0.254. The second kappa shape index (κ2) is 5.24. The van der Waals surface area contributed by atoms with Gasteiger partial charge in [-0.05, 0) is 84.6 Å². The van der Waals surface area contributed by atoms with Crippen molar-refractivity contribution in [3.8, 4) is 0 Å². The average molecular weight is 379 g/mol. The largest absolute Gasteiger partial charge is 0.327 e. The maximum absolute atomic E-state index is 6.45. The van der Waals surface area contributed by atoms with Gasteiger partial charge in [0.1, 0.15) is 0 Å². The minimum absolute atomic E-state index is 0.254. The average Bonchev–Trinajstić information content (AvgIpc) is 2.91. The Hall–Kier alpha value is -0.860. The van der Waals surface area contributed by atoms with Crippen molar-refractivity contribution in [3.63, 3.8) is 0 Å². The van der Waals surface area contributed by atoms with Gasteiger partial charge in [-0.15, -0.1) is 0 Å². The monoisotopic (exact) mass is 378 g/mol. The second-order valence-electron chi connectivity index (χ2n) is 12.7. The van der Waals surface area contributed by atoms with Gasteiger partial charge in [-0.25, -0.2) is 0 Å². The zero-order valence-corrected chi connectivity index (χ0v) is 18.1. The third kappa shape index (κ3) is 2.02. The summed E-state index contributed by atoms with van der Waals surface area (Å²) in [6, 6.07) is 12.0. The predicted octanol–water partition coefficient (Wildman–Crippen LogP) is 4.97. The highest BCUT2D eigenvalue weighted by Gasteiger charge is 2.82. The summed E-state index contributed by atoms with van der Waals surface area (Å²) in [4.78, 5) is 2.81. The zero-order chi connectivity index (χ0) is 19.4. The van der Waals surface area contributed by atoms with Gasteiger partial charge in [0.25, 0.3) is 0 Å². The number of likely N-dealkylation sites (tertiary alicyclic amines) is 1. The SMILES string of the molecule is CC1(C)CN(CC23CC4CC5(C)CC(c6ccccc6)(C2)C5(C4)C3)CCC1N. The Labute approximate surface area is 171 Å². The molecule has 6 rings (SSSR count). The van der Waals surface area contributed by atoms with Crippen LogP contribution >= 0.6 is 0 Å². The smallest absolute Gasteiger partial charge is 0.0115 e. The van der Waals surface area contributed by atoms with E-state index in [0.717, 1.165) is 5.92 Å². The molecule has 2 N–H and O–H groups in total. The molecule has 1 aliphatic heterocycles. The van der Waals surface area contributed by atoms with Crippen molar-refractivity contribution in [3.05, 3.63) is 35.9 Å². The first-order chi connectivity index (χ1) is 13.2. The molecule has 0 aromatic heterocycles. The molecular weight excluding hydrogens is 340 g/mol. The van der Waals surface area contributed by atoms with E-state index in [1.54, 1.807) is 5.56 Å². The third-order valence-corrected chi connectivity index (χ3v) is 10.5. The van der Waals surface area contributed by atoms with Gasteiger partial charge in [0.05, 0.1) is 0 Å². The van der Waals surface area contributed by atoms with E-state index in [0.29, 0.717) is 27.7 Å². The fourth-order valence-electron chi connectivity index (χ4n) is 9.83. The molecule has 28 heavy (non-hydrogen) atoms. The Balaban J connectivity index is 1.36. The maximum atomic E-state index is 6.45. The first-order valence-electron chi connectivity index (χ1n) is 11.8. The fourth-order valence-corrected chi connectivity index (χ4v) is 9.83. The summed E-state index contributed by atoms with van der Waals surface area (Å²) < 4.78 is 0. The lowest BCUT2D eigenvalue weighted by Gasteiger charge is -2.66. The molecule has 1 aromatic rings. The molecule has 152 valence electrons. The molecule has 2 nitrogen and oxygen atoms in total. The van der Waals surface area contributed by atoms with Crippen LogP contribution in [-0.2, 0) is 5.41 Å². The molecule has 0 amide bonds. The van der Waals surface area contributed by atoms with Crippen molar-refractivity contribution in [2.24, 2.45) is 33.3 Å². The fraction of sp³-hybridized carbons (Fsp3) is 0.769. The number of fused-ring (bicyclic) bond motifs is 2. The normalized spacial score (nSPS) is 51.1. The van der Waals surface area contributed by atoms with E-state index in [1.165, 1.54) is 64.6 Å². The Kier molecular flexibility index (Phi) is 3.36. The summed E-state index contributed by atoms with van der Waals surface area (Å²) in [6.45, 7) is 11.1. The molecule has 4 saturated carbocycles. The van der Waals surface area contributed by atoms with E-state index < -0.39 is 0 Å². The van der Waals surface area contributed by atoms with Crippen LogP contribution in [0.2, 0.25) is 0 Å². The van der Waals surface area contributed by atoms with Crippen LogP contribution in [0.3, 0.4) is 0 Å². The summed E-state index contributed by atoms with van der Waals surface area (Å²) in [5, 5.41) is 0. The molecule has 5 aliphatic rings. The van der Waals surface area contributed by atoms with Gasteiger partial charge in [0, 0.05) is 24.5 Å². The summed E-state index contributed by atoms with van der Waals surface area (Å²) in [5.41, 5.74) is 10.6. The first kappa shape index (κ1) is 18.0. The summed E-state index contributed by atoms with van der Waals surface area (Å²) in [6.07, 6.45) is 10.0. The van der Waals surface area contributed by atoms with Crippen molar-refractivity contribution in [1.82, 2.24) is 4.90 Å². The van der Waals surface area contributed by atoms with E-state index in [1.807, 2.05) is 0 Å². The number of hydrogen-bond acceptors (Lipinski definition) is 2. The van der Waals surface area contributed by atoms with Gasteiger partial charge in [0.15, 0.2) is 0 Å². The Morgan fingerprint density at radius 1 is 1.00 bits per heavy atom. The predicted molar refractivity (Wildman–Crippen MR) is 115 cm³/mol. The zero-order valence-electron chi connectivity index (χ0n) is 18.1.